The Kier molecular flexibility index (Phi) is 6.46. The lowest BCUT2D eigenvalue weighted by Gasteiger charge is -2.41. The second-order valence-electron chi connectivity index (χ2n) is 5.88. The van der Waals surface area contributed by atoms with E-state index in [4.69, 9.17) is 21.1 Å². The third-order valence-corrected chi connectivity index (χ3v) is 4.28. The summed E-state index contributed by atoms with van der Waals surface area (Å²) in [6.45, 7) is 0.146. The zero-order valence-electron chi connectivity index (χ0n) is 13.9. The number of aromatic nitrogens is 4. The van der Waals surface area contributed by atoms with Gasteiger partial charge >= 0.3 is 0 Å². The first-order valence-corrected chi connectivity index (χ1v) is 8.75. The molecule has 1 aliphatic heterocycles. The van der Waals surface area contributed by atoms with E-state index in [0.717, 1.165) is 5.82 Å². The molecular formula is C15H22ClN5O5. The summed E-state index contributed by atoms with van der Waals surface area (Å²) in [5.41, 5.74) is 0.627. The van der Waals surface area contributed by atoms with Gasteiger partial charge in [0.2, 0.25) is 0 Å². The molecule has 1 saturated heterocycles. The van der Waals surface area contributed by atoms with Crippen LogP contribution in [0.5, 0.6) is 0 Å². The van der Waals surface area contributed by atoms with E-state index < -0.39 is 37.3 Å². The molecule has 2 aromatic rings. The lowest BCUT2D eigenvalue weighted by atomic mass is 9.97. The number of nitrogens with one attached hydrogen (secondary N) is 2. The molecule has 0 aliphatic carbocycles. The van der Waals surface area contributed by atoms with Crippen LogP contribution in [-0.2, 0) is 16.0 Å². The summed E-state index contributed by atoms with van der Waals surface area (Å²) < 4.78 is 12.5. The molecule has 3 heterocycles. The third-order valence-electron chi connectivity index (χ3n) is 4.13. The molecule has 0 bridgehead atoms. The maximum Gasteiger partial charge on any atom is 0.183 e. The molecule has 5 atom stereocenters. The Bertz CT molecular complexity index is 669. The number of H-pyrrole nitrogens is 1. The summed E-state index contributed by atoms with van der Waals surface area (Å²) in [6, 6.07) is 2.92. The van der Waals surface area contributed by atoms with E-state index in [2.05, 4.69) is 20.6 Å². The average molecular weight is 388 g/mol. The molecule has 10 nitrogen and oxygen atoms in total. The smallest absolute Gasteiger partial charge is 0.183 e. The summed E-state index contributed by atoms with van der Waals surface area (Å²) in [4.78, 5) is 3.02. The predicted molar refractivity (Wildman–Crippen MR) is 91.6 cm³/mol. The molecule has 26 heavy (non-hydrogen) atoms. The van der Waals surface area contributed by atoms with E-state index in [0.29, 0.717) is 12.2 Å². The molecule has 11 heteroatoms. The maximum absolute atomic E-state index is 10.5. The number of aliphatic hydroxyl groups excluding tert-OH is 3. The monoisotopic (exact) mass is 387 g/mol. The van der Waals surface area contributed by atoms with Crippen LogP contribution in [0.3, 0.4) is 0 Å². The number of hydrogen-bond acceptors (Lipinski definition) is 8. The van der Waals surface area contributed by atoms with E-state index in [1.807, 2.05) is 12.1 Å². The quantitative estimate of drug-likeness (QED) is 0.380. The van der Waals surface area contributed by atoms with Gasteiger partial charge in [-0.2, -0.15) is 0 Å². The number of ether oxygens (including phenoxy) is 2. The van der Waals surface area contributed by atoms with Gasteiger partial charge in [-0.1, -0.05) is 5.21 Å². The summed E-state index contributed by atoms with van der Waals surface area (Å²) >= 11 is 5.66. The van der Waals surface area contributed by atoms with Gasteiger partial charge in [0.1, 0.15) is 35.9 Å². The Morgan fingerprint density at radius 2 is 2.23 bits per heavy atom. The van der Waals surface area contributed by atoms with E-state index in [9.17, 15) is 15.3 Å². The van der Waals surface area contributed by atoms with Gasteiger partial charge in [0.05, 0.1) is 26.0 Å². The van der Waals surface area contributed by atoms with Gasteiger partial charge in [-0.25, -0.2) is 4.68 Å². The maximum atomic E-state index is 10.5. The van der Waals surface area contributed by atoms with Crippen LogP contribution in [0, 0.1) is 0 Å². The minimum absolute atomic E-state index is 0.180. The van der Waals surface area contributed by atoms with Gasteiger partial charge in [-0.05, 0) is 12.1 Å². The summed E-state index contributed by atoms with van der Waals surface area (Å²) in [7, 11) is 0. The lowest BCUT2D eigenvalue weighted by molar-refractivity contribution is -0.280. The van der Waals surface area contributed by atoms with Crippen LogP contribution in [0.4, 0.5) is 5.82 Å². The van der Waals surface area contributed by atoms with Gasteiger partial charge in [-0.15, -0.1) is 16.7 Å². The number of aromatic amines is 1. The second kappa shape index (κ2) is 8.80. The van der Waals surface area contributed by atoms with Crippen LogP contribution in [-0.4, -0.2) is 79.0 Å². The highest BCUT2D eigenvalue weighted by Crippen LogP contribution is 2.30. The number of anilines is 1. The first-order chi connectivity index (χ1) is 12.6. The standard InChI is InChI=1S/C15H22ClN5O5/c16-3-5-25-15-12(14(24)13(23)10(8-22)26-15)21-7-9(19-20-21)6-18-11-2-1-4-17-11/h1-2,4,7,10,12-15,17-18,22-24H,3,5-6,8H2/t10?,12?,13-,14?,15+/m1/s1. The fourth-order valence-electron chi connectivity index (χ4n) is 2.81. The minimum Gasteiger partial charge on any atom is -0.394 e. The Hall–Kier alpha value is -1.69. The molecular weight excluding hydrogens is 366 g/mol. The van der Waals surface area contributed by atoms with Crippen molar-refractivity contribution in [3.05, 3.63) is 30.2 Å². The highest BCUT2D eigenvalue weighted by atomic mass is 35.5. The van der Waals surface area contributed by atoms with Crippen molar-refractivity contribution in [2.75, 3.05) is 24.4 Å². The molecule has 144 valence electrons. The van der Waals surface area contributed by atoms with E-state index in [1.54, 1.807) is 12.4 Å². The van der Waals surface area contributed by atoms with Crippen LogP contribution in [0.1, 0.15) is 11.7 Å². The van der Waals surface area contributed by atoms with E-state index in [-0.39, 0.29) is 12.5 Å². The Morgan fingerprint density at radius 3 is 2.92 bits per heavy atom. The number of rotatable bonds is 8. The van der Waals surface area contributed by atoms with Crippen LogP contribution < -0.4 is 5.32 Å². The Balaban J connectivity index is 1.73. The molecule has 0 aromatic carbocycles. The van der Waals surface area contributed by atoms with Crippen LogP contribution in [0.2, 0.25) is 0 Å². The molecule has 0 spiro atoms. The highest BCUT2D eigenvalue weighted by molar-refractivity contribution is 6.17. The van der Waals surface area contributed by atoms with Crippen molar-refractivity contribution in [1.29, 1.82) is 0 Å². The average Bonchev–Trinajstić information content (AvgIpc) is 3.32. The summed E-state index contributed by atoms with van der Waals surface area (Å²) in [5.74, 6) is 1.07. The number of aliphatic hydroxyl groups is 3. The third kappa shape index (κ3) is 4.17. The summed E-state index contributed by atoms with van der Waals surface area (Å²) in [5, 5.41) is 41.2. The molecule has 5 N–H and O–H groups in total. The fourth-order valence-corrected chi connectivity index (χ4v) is 2.90. The van der Waals surface area contributed by atoms with Crippen molar-refractivity contribution < 1.29 is 24.8 Å². The van der Waals surface area contributed by atoms with Crippen molar-refractivity contribution in [3.8, 4) is 0 Å². The van der Waals surface area contributed by atoms with Gasteiger partial charge in [0.25, 0.3) is 0 Å². The number of halogens is 1. The van der Waals surface area contributed by atoms with Gasteiger partial charge in [0.15, 0.2) is 6.29 Å². The van der Waals surface area contributed by atoms with Gasteiger partial charge in [0, 0.05) is 12.1 Å². The molecule has 2 aromatic heterocycles. The second-order valence-corrected chi connectivity index (χ2v) is 6.26. The SMILES string of the molecule is OCC1O[C@H](OCCCl)C(n2cc(CNc3ccc[nH]3)nn2)C(O)[C@@H]1O. The molecule has 3 unspecified atom stereocenters. The molecule has 0 radical (unpaired) electrons. The van der Waals surface area contributed by atoms with Crippen molar-refractivity contribution in [2.24, 2.45) is 0 Å². The van der Waals surface area contributed by atoms with Crippen LogP contribution >= 0.6 is 11.6 Å². The first kappa shape index (κ1) is 19.1. The lowest BCUT2D eigenvalue weighted by Crippen LogP contribution is -2.57. The number of alkyl halides is 1. The van der Waals surface area contributed by atoms with Crippen molar-refractivity contribution >= 4 is 17.4 Å². The fraction of sp³-hybridized carbons (Fsp3) is 0.600. The predicted octanol–water partition coefficient (Wildman–Crippen LogP) is -0.546. The van der Waals surface area contributed by atoms with E-state index >= 15 is 0 Å². The van der Waals surface area contributed by atoms with Crippen molar-refractivity contribution in [2.45, 2.75) is 37.2 Å². The van der Waals surface area contributed by atoms with Gasteiger partial charge in [-0.3, -0.25) is 0 Å². The van der Waals surface area contributed by atoms with Crippen LogP contribution in [0.25, 0.3) is 0 Å². The van der Waals surface area contributed by atoms with Gasteiger partial charge < -0.3 is 35.1 Å². The van der Waals surface area contributed by atoms with Crippen molar-refractivity contribution in [3.63, 3.8) is 0 Å². The zero-order valence-corrected chi connectivity index (χ0v) is 14.7. The molecule has 3 rings (SSSR count). The molecule has 1 aliphatic rings. The first-order valence-electron chi connectivity index (χ1n) is 8.22. The molecule has 0 saturated carbocycles. The normalized spacial score (nSPS) is 29.0. The molecule has 1 fully saturated rings. The highest BCUT2D eigenvalue weighted by Gasteiger charge is 2.46. The van der Waals surface area contributed by atoms with Crippen LogP contribution in [0.15, 0.2) is 24.5 Å². The summed E-state index contributed by atoms with van der Waals surface area (Å²) in [6.07, 6.45) is -1.00. The Labute approximate surface area is 154 Å². The zero-order chi connectivity index (χ0) is 18.5. The van der Waals surface area contributed by atoms with E-state index in [1.165, 1.54) is 4.68 Å². The topological polar surface area (TPSA) is 138 Å². The Morgan fingerprint density at radius 1 is 1.38 bits per heavy atom. The largest absolute Gasteiger partial charge is 0.394 e. The number of nitrogens with zero attached hydrogens (tertiary/aromatic N) is 3. The minimum atomic E-state index is -1.29. The number of hydrogen-bond donors (Lipinski definition) is 5. The van der Waals surface area contributed by atoms with Crippen molar-refractivity contribution in [1.82, 2.24) is 20.0 Å². The molecule has 0 amide bonds.